The first-order valence-corrected chi connectivity index (χ1v) is 8.10. The summed E-state index contributed by atoms with van der Waals surface area (Å²) in [5.41, 5.74) is 4.03. The second kappa shape index (κ2) is 5.54. The molecular weight excluding hydrogens is 308 g/mol. The minimum atomic E-state index is -0.294. The van der Waals surface area contributed by atoms with E-state index in [1.807, 2.05) is 19.1 Å². The van der Waals surface area contributed by atoms with Crippen LogP contribution in [0.25, 0.3) is 0 Å². The smallest absolute Gasteiger partial charge is 0.162 e. The van der Waals surface area contributed by atoms with Crippen molar-refractivity contribution in [2.45, 2.75) is 39.5 Å². The molecule has 0 bridgehead atoms. The van der Waals surface area contributed by atoms with Crippen LogP contribution >= 0.6 is 11.6 Å². The average molecular weight is 327 g/mol. The Morgan fingerprint density at radius 1 is 1.26 bits per heavy atom. The predicted molar refractivity (Wildman–Crippen MR) is 90.7 cm³/mol. The topological polar surface area (TPSA) is 52.9 Å². The summed E-state index contributed by atoms with van der Waals surface area (Å²) in [6.07, 6.45) is 1.32. The number of hydrogen-bond acceptors (Lipinski definition) is 3. The number of ketones is 1. The van der Waals surface area contributed by atoms with Gasteiger partial charge in [-0.3, -0.25) is 4.79 Å². The van der Waals surface area contributed by atoms with Crippen LogP contribution in [0, 0.1) is 16.7 Å². The highest BCUT2D eigenvalue weighted by molar-refractivity contribution is 6.30. The van der Waals surface area contributed by atoms with Gasteiger partial charge in [0.05, 0.1) is 17.6 Å². The van der Waals surface area contributed by atoms with Crippen LogP contribution in [0.3, 0.4) is 0 Å². The normalized spacial score (nSPS) is 23.3. The van der Waals surface area contributed by atoms with Crippen molar-refractivity contribution in [2.24, 2.45) is 5.41 Å². The standard InChI is InChI=1S/C19H19ClN2O/c1-11-14(10-21)17(12-4-6-13(20)7-5-12)18-15(22-11)8-19(2,3)9-16(18)23/h4-7,17,22H,8-9H2,1-3H3/t17-/m0/s1. The van der Waals surface area contributed by atoms with E-state index in [1.54, 1.807) is 12.1 Å². The van der Waals surface area contributed by atoms with Gasteiger partial charge in [-0.2, -0.15) is 5.26 Å². The van der Waals surface area contributed by atoms with Crippen LogP contribution in [-0.2, 0) is 4.79 Å². The molecule has 0 fully saturated rings. The van der Waals surface area contributed by atoms with Crippen molar-refractivity contribution in [3.63, 3.8) is 0 Å². The van der Waals surface area contributed by atoms with Crippen molar-refractivity contribution in [1.82, 2.24) is 5.32 Å². The highest BCUT2D eigenvalue weighted by Crippen LogP contribution is 2.46. The van der Waals surface area contributed by atoms with Crippen molar-refractivity contribution >= 4 is 17.4 Å². The van der Waals surface area contributed by atoms with Gasteiger partial charge < -0.3 is 5.32 Å². The minimum Gasteiger partial charge on any atom is -0.361 e. The third-order valence-electron chi connectivity index (χ3n) is 4.56. The van der Waals surface area contributed by atoms with Gasteiger partial charge in [0, 0.05) is 28.4 Å². The van der Waals surface area contributed by atoms with E-state index in [0.717, 1.165) is 29.0 Å². The molecule has 1 atom stereocenters. The lowest BCUT2D eigenvalue weighted by Gasteiger charge is -2.38. The molecule has 4 heteroatoms. The first kappa shape index (κ1) is 15.8. The second-order valence-corrected chi connectivity index (χ2v) is 7.53. The van der Waals surface area contributed by atoms with Gasteiger partial charge in [0.15, 0.2) is 5.78 Å². The number of carbonyl (C=O) groups is 1. The van der Waals surface area contributed by atoms with E-state index >= 15 is 0 Å². The highest BCUT2D eigenvalue weighted by Gasteiger charge is 2.40. The van der Waals surface area contributed by atoms with Gasteiger partial charge in [-0.05, 0) is 36.5 Å². The van der Waals surface area contributed by atoms with Crippen molar-refractivity contribution in [3.05, 3.63) is 57.4 Å². The SMILES string of the molecule is CC1=C(C#N)[C@H](c2ccc(Cl)cc2)C2=C(CC(C)(C)CC2=O)N1. The van der Waals surface area contributed by atoms with E-state index in [4.69, 9.17) is 11.6 Å². The number of carbonyl (C=O) groups excluding carboxylic acids is 1. The summed E-state index contributed by atoms with van der Waals surface area (Å²) in [6.45, 7) is 6.11. The Kier molecular flexibility index (Phi) is 3.82. The molecule has 1 aromatic carbocycles. The number of benzene rings is 1. The zero-order valence-electron chi connectivity index (χ0n) is 13.5. The third kappa shape index (κ3) is 2.80. The predicted octanol–water partition coefficient (Wildman–Crippen LogP) is 4.47. The Hall–Kier alpha value is -2.05. The number of hydrogen-bond donors (Lipinski definition) is 1. The summed E-state index contributed by atoms with van der Waals surface area (Å²) in [5.74, 6) is -0.166. The maximum Gasteiger partial charge on any atom is 0.162 e. The van der Waals surface area contributed by atoms with Gasteiger partial charge in [0.25, 0.3) is 0 Å². The van der Waals surface area contributed by atoms with E-state index in [-0.39, 0.29) is 17.1 Å². The molecule has 1 aliphatic heterocycles. The van der Waals surface area contributed by atoms with Crippen LogP contribution in [0.1, 0.15) is 45.1 Å². The Balaban J connectivity index is 2.17. The monoisotopic (exact) mass is 326 g/mol. The number of nitrogens with zero attached hydrogens (tertiary/aromatic N) is 1. The van der Waals surface area contributed by atoms with Crippen molar-refractivity contribution < 1.29 is 4.79 Å². The highest BCUT2D eigenvalue weighted by atomic mass is 35.5. The van der Waals surface area contributed by atoms with Crippen LogP contribution in [0.15, 0.2) is 46.8 Å². The fourth-order valence-corrected chi connectivity index (χ4v) is 3.70. The van der Waals surface area contributed by atoms with Gasteiger partial charge in [-0.15, -0.1) is 0 Å². The van der Waals surface area contributed by atoms with Crippen LogP contribution < -0.4 is 5.32 Å². The molecule has 1 aliphatic carbocycles. The molecule has 23 heavy (non-hydrogen) atoms. The van der Waals surface area contributed by atoms with Crippen LogP contribution in [0.4, 0.5) is 0 Å². The van der Waals surface area contributed by atoms with Gasteiger partial charge in [-0.25, -0.2) is 0 Å². The van der Waals surface area contributed by atoms with Gasteiger partial charge >= 0.3 is 0 Å². The maximum absolute atomic E-state index is 12.8. The summed E-state index contributed by atoms with van der Waals surface area (Å²) < 4.78 is 0. The lowest BCUT2D eigenvalue weighted by molar-refractivity contribution is -0.118. The molecule has 0 unspecified atom stereocenters. The van der Waals surface area contributed by atoms with Crippen LogP contribution in [-0.4, -0.2) is 5.78 Å². The van der Waals surface area contributed by atoms with Crippen molar-refractivity contribution in [2.75, 3.05) is 0 Å². The quantitative estimate of drug-likeness (QED) is 0.828. The third-order valence-corrected chi connectivity index (χ3v) is 4.82. The number of allylic oxidation sites excluding steroid dienone is 4. The number of Topliss-reactive ketones (excluding diaryl/α,β-unsaturated/α-hetero) is 1. The molecule has 0 aromatic heterocycles. The molecule has 2 aliphatic rings. The number of nitrogens with one attached hydrogen (secondary N) is 1. The molecule has 1 N–H and O–H groups in total. The summed E-state index contributed by atoms with van der Waals surface area (Å²) in [4.78, 5) is 12.8. The second-order valence-electron chi connectivity index (χ2n) is 7.09. The first-order valence-electron chi connectivity index (χ1n) is 7.72. The van der Waals surface area contributed by atoms with Crippen molar-refractivity contribution in [3.8, 4) is 6.07 Å². The van der Waals surface area contributed by atoms with Gasteiger partial charge in [-0.1, -0.05) is 37.6 Å². The Labute approximate surface area is 141 Å². The summed E-state index contributed by atoms with van der Waals surface area (Å²) in [7, 11) is 0. The fourth-order valence-electron chi connectivity index (χ4n) is 3.57. The molecule has 0 radical (unpaired) electrons. The largest absolute Gasteiger partial charge is 0.361 e. The molecule has 0 saturated carbocycles. The van der Waals surface area contributed by atoms with Crippen LogP contribution in [0.2, 0.25) is 5.02 Å². The lowest BCUT2D eigenvalue weighted by atomic mass is 9.69. The molecule has 118 valence electrons. The van der Waals surface area contributed by atoms with E-state index in [1.165, 1.54) is 0 Å². The number of dihydropyridines is 1. The molecule has 1 heterocycles. The maximum atomic E-state index is 12.8. The minimum absolute atomic E-state index is 0.0576. The molecule has 0 saturated heterocycles. The molecule has 0 amide bonds. The molecule has 3 rings (SSSR count). The van der Waals surface area contributed by atoms with Crippen molar-refractivity contribution in [1.29, 1.82) is 5.26 Å². The zero-order valence-corrected chi connectivity index (χ0v) is 14.3. The van der Waals surface area contributed by atoms with E-state index in [0.29, 0.717) is 17.0 Å². The summed E-state index contributed by atoms with van der Waals surface area (Å²) in [6, 6.07) is 9.71. The zero-order chi connectivity index (χ0) is 16.8. The van der Waals surface area contributed by atoms with Gasteiger partial charge in [0.1, 0.15) is 0 Å². The first-order chi connectivity index (χ1) is 10.8. The lowest BCUT2D eigenvalue weighted by Crippen LogP contribution is -2.36. The van der Waals surface area contributed by atoms with E-state index in [2.05, 4.69) is 25.2 Å². The molecule has 1 aromatic rings. The molecule has 3 nitrogen and oxygen atoms in total. The molecular formula is C19H19ClN2O. The van der Waals surface area contributed by atoms with E-state index in [9.17, 15) is 10.1 Å². The van der Waals surface area contributed by atoms with Gasteiger partial charge in [0.2, 0.25) is 0 Å². The number of rotatable bonds is 1. The Bertz CT molecular complexity index is 779. The van der Waals surface area contributed by atoms with E-state index < -0.39 is 0 Å². The summed E-state index contributed by atoms with van der Waals surface area (Å²) >= 11 is 5.98. The Morgan fingerprint density at radius 2 is 1.91 bits per heavy atom. The fraction of sp³-hybridized carbons (Fsp3) is 0.368. The molecule has 0 spiro atoms. The summed E-state index contributed by atoms with van der Waals surface area (Å²) in [5, 5.41) is 13.6. The van der Waals surface area contributed by atoms with Crippen LogP contribution in [0.5, 0.6) is 0 Å². The number of halogens is 1. The number of nitriles is 1. The average Bonchev–Trinajstić information content (AvgIpc) is 2.45. The Morgan fingerprint density at radius 3 is 2.52 bits per heavy atom.